The smallest absolute Gasteiger partial charge is 0.349 e. The van der Waals surface area contributed by atoms with E-state index in [0.717, 1.165) is 13.2 Å². The molecule has 0 aromatic rings. The zero-order valence-electron chi connectivity index (χ0n) is 6.95. The van der Waals surface area contributed by atoms with Gasteiger partial charge in [-0.3, -0.25) is 0 Å². The maximum absolute atomic E-state index is 10.7. The van der Waals surface area contributed by atoms with Gasteiger partial charge < -0.3 is 14.6 Å². The topological polar surface area (TPSA) is 72.8 Å². The second-order valence-electron chi connectivity index (χ2n) is 1.87. The number of ether oxygens (including phenoxy) is 2. The fraction of sp³-hybridized carbons (Fsp3) is 0.429. The Labute approximate surface area is 79.9 Å². The maximum Gasteiger partial charge on any atom is 0.349 e. The lowest BCUT2D eigenvalue weighted by atomic mass is 10.5. The number of hydrogen-bond acceptors (Lipinski definition) is 5. The van der Waals surface area contributed by atoms with Crippen molar-refractivity contribution in [2.75, 3.05) is 20.3 Å². The van der Waals surface area contributed by atoms with E-state index >= 15 is 0 Å². The molecule has 13 heavy (non-hydrogen) atoms. The van der Waals surface area contributed by atoms with E-state index in [-0.39, 0.29) is 18.2 Å². The summed E-state index contributed by atoms with van der Waals surface area (Å²) in [6.45, 7) is -0.421. The average molecular weight is 209 g/mol. The van der Waals surface area contributed by atoms with Gasteiger partial charge in [-0.15, -0.1) is 0 Å². The molecule has 0 aliphatic rings. The molecule has 0 aromatic carbocycles. The van der Waals surface area contributed by atoms with Crippen molar-refractivity contribution in [3.63, 3.8) is 0 Å². The first-order valence-electron chi connectivity index (χ1n) is 3.35. The number of aliphatic hydroxyl groups is 1. The van der Waals surface area contributed by atoms with E-state index in [0.29, 0.717) is 0 Å². The summed E-state index contributed by atoms with van der Waals surface area (Å²) in [4.78, 5) is 21.4. The van der Waals surface area contributed by atoms with Gasteiger partial charge in [0.05, 0.1) is 13.7 Å². The summed E-state index contributed by atoms with van der Waals surface area (Å²) in [5, 5.41) is 7.91. The number of esters is 2. The zero-order valence-corrected chi connectivity index (χ0v) is 7.71. The van der Waals surface area contributed by atoms with Gasteiger partial charge in [-0.1, -0.05) is 11.6 Å². The molecule has 6 heteroatoms. The second kappa shape index (κ2) is 6.45. The standard InChI is InChI=1S/C7H9ClO5/c1-12-7(11)5(8)4-6(10)13-3-2-9/h4,9H,2-3H2,1H3/b5-4-. The Balaban J connectivity index is 4.06. The highest BCUT2D eigenvalue weighted by Gasteiger charge is 2.08. The summed E-state index contributed by atoms with van der Waals surface area (Å²) in [5.41, 5.74) is 0. The van der Waals surface area contributed by atoms with E-state index in [1.807, 2.05) is 0 Å². The molecule has 0 atom stereocenters. The fourth-order valence-electron chi connectivity index (χ4n) is 0.448. The van der Waals surface area contributed by atoms with Crippen molar-refractivity contribution in [2.24, 2.45) is 0 Å². The van der Waals surface area contributed by atoms with Crippen molar-refractivity contribution in [3.05, 3.63) is 11.1 Å². The van der Waals surface area contributed by atoms with E-state index in [4.69, 9.17) is 16.7 Å². The molecule has 1 N–H and O–H groups in total. The van der Waals surface area contributed by atoms with Crippen LogP contribution in [0.5, 0.6) is 0 Å². The molecule has 5 nitrogen and oxygen atoms in total. The predicted molar refractivity (Wildman–Crippen MR) is 44.0 cm³/mol. The molecule has 0 unspecified atom stereocenters. The zero-order chi connectivity index (χ0) is 10.3. The Morgan fingerprint density at radius 3 is 2.62 bits per heavy atom. The monoisotopic (exact) mass is 208 g/mol. The number of rotatable bonds is 4. The molecule has 0 aromatic heterocycles. The minimum Gasteiger partial charge on any atom is -0.465 e. The number of aliphatic hydroxyl groups excluding tert-OH is 1. The van der Waals surface area contributed by atoms with Crippen LogP contribution < -0.4 is 0 Å². The molecular weight excluding hydrogens is 200 g/mol. The van der Waals surface area contributed by atoms with E-state index in [2.05, 4.69) is 9.47 Å². The summed E-state index contributed by atoms with van der Waals surface area (Å²) in [6.07, 6.45) is 0.781. The highest BCUT2D eigenvalue weighted by molar-refractivity contribution is 6.42. The predicted octanol–water partition coefficient (Wildman–Crippen LogP) is -0.182. The van der Waals surface area contributed by atoms with Crippen molar-refractivity contribution in [3.8, 4) is 0 Å². The average Bonchev–Trinajstić information content (AvgIpc) is 2.13. The van der Waals surface area contributed by atoms with E-state index in [1.165, 1.54) is 0 Å². The van der Waals surface area contributed by atoms with Gasteiger partial charge in [0.15, 0.2) is 0 Å². The Morgan fingerprint density at radius 2 is 2.15 bits per heavy atom. The molecule has 0 bridgehead atoms. The molecule has 0 amide bonds. The van der Waals surface area contributed by atoms with E-state index in [1.54, 1.807) is 0 Å². The van der Waals surface area contributed by atoms with Gasteiger partial charge in [0.1, 0.15) is 11.6 Å². The lowest BCUT2D eigenvalue weighted by Gasteiger charge is -1.98. The van der Waals surface area contributed by atoms with E-state index in [9.17, 15) is 9.59 Å². The number of hydrogen-bond donors (Lipinski definition) is 1. The summed E-state index contributed by atoms with van der Waals surface area (Å²) >= 11 is 5.33. The van der Waals surface area contributed by atoms with Crippen LogP contribution in [0.25, 0.3) is 0 Å². The lowest BCUT2D eigenvalue weighted by molar-refractivity contribution is -0.140. The largest absolute Gasteiger partial charge is 0.465 e. The van der Waals surface area contributed by atoms with Gasteiger partial charge in [0, 0.05) is 6.08 Å². The molecule has 0 aliphatic heterocycles. The second-order valence-corrected chi connectivity index (χ2v) is 2.28. The van der Waals surface area contributed by atoms with Crippen LogP contribution in [0.3, 0.4) is 0 Å². The first-order chi connectivity index (χ1) is 6.11. The molecule has 0 heterocycles. The Bertz CT molecular complexity index is 223. The van der Waals surface area contributed by atoms with Crippen molar-refractivity contribution in [2.45, 2.75) is 0 Å². The Hall–Kier alpha value is -1.07. The van der Waals surface area contributed by atoms with Crippen molar-refractivity contribution in [1.82, 2.24) is 0 Å². The van der Waals surface area contributed by atoms with Gasteiger partial charge in [-0.05, 0) is 0 Å². The van der Waals surface area contributed by atoms with Crippen molar-refractivity contribution in [1.29, 1.82) is 0 Å². The quantitative estimate of drug-likeness (QED) is 0.513. The minimum absolute atomic E-state index is 0.138. The number of methoxy groups -OCH3 is 1. The number of halogens is 1. The number of carbonyl (C=O) groups excluding carboxylic acids is 2. The van der Waals surface area contributed by atoms with Crippen LogP contribution in [-0.2, 0) is 19.1 Å². The third kappa shape index (κ3) is 5.21. The third-order valence-corrected chi connectivity index (χ3v) is 1.22. The minimum atomic E-state index is -0.817. The molecule has 0 spiro atoms. The number of carbonyl (C=O) groups is 2. The van der Waals surface area contributed by atoms with Crippen LogP contribution in [0.15, 0.2) is 11.1 Å². The molecule has 0 rings (SSSR count). The lowest BCUT2D eigenvalue weighted by Crippen LogP contribution is -2.08. The summed E-state index contributed by atoms with van der Waals surface area (Å²) < 4.78 is 8.62. The summed E-state index contributed by atoms with van der Waals surface area (Å²) in [5.74, 6) is -1.62. The fourth-order valence-corrected chi connectivity index (χ4v) is 0.614. The molecule has 0 saturated carbocycles. The van der Waals surface area contributed by atoms with Crippen LogP contribution in [-0.4, -0.2) is 37.4 Å². The highest BCUT2D eigenvalue weighted by atomic mass is 35.5. The van der Waals surface area contributed by atoms with E-state index < -0.39 is 11.9 Å². The van der Waals surface area contributed by atoms with Crippen molar-refractivity contribution < 1.29 is 24.2 Å². The molecule has 74 valence electrons. The van der Waals surface area contributed by atoms with Gasteiger partial charge >= 0.3 is 11.9 Å². The van der Waals surface area contributed by atoms with Gasteiger partial charge in [-0.2, -0.15) is 0 Å². The van der Waals surface area contributed by atoms with Crippen LogP contribution in [0.4, 0.5) is 0 Å². The van der Waals surface area contributed by atoms with Crippen LogP contribution in [0.2, 0.25) is 0 Å². The van der Waals surface area contributed by atoms with Crippen molar-refractivity contribution >= 4 is 23.5 Å². The van der Waals surface area contributed by atoms with Crippen LogP contribution in [0, 0.1) is 0 Å². The van der Waals surface area contributed by atoms with Crippen LogP contribution in [0.1, 0.15) is 0 Å². The summed E-state index contributed by atoms with van der Waals surface area (Å²) in [7, 11) is 1.14. The SMILES string of the molecule is COC(=O)/C(Cl)=C/C(=O)OCCO. The van der Waals surface area contributed by atoms with Gasteiger partial charge in [-0.25, -0.2) is 9.59 Å². The first-order valence-corrected chi connectivity index (χ1v) is 3.72. The molecule has 0 aliphatic carbocycles. The molecular formula is C7H9ClO5. The highest BCUT2D eigenvalue weighted by Crippen LogP contribution is 2.03. The maximum atomic E-state index is 10.7. The third-order valence-electron chi connectivity index (χ3n) is 0.961. The first kappa shape index (κ1) is 11.9. The Morgan fingerprint density at radius 1 is 1.54 bits per heavy atom. The van der Waals surface area contributed by atoms with Gasteiger partial charge in [0.2, 0.25) is 0 Å². The summed E-state index contributed by atoms with van der Waals surface area (Å²) in [6, 6.07) is 0. The Kier molecular flexibility index (Phi) is 5.92. The molecule has 0 radical (unpaired) electrons. The van der Waals surface area contributed by atoms with Crippen LogP contribution >= 0.6 is 11.6 Å². The molecule has 0 saturated heterocycles. The van der Waals surface area contributed by atoms with Gasteiger partial charge in [0.25, 0.3) is 0 Å². The normalized spacial score (nSPS) is 10.8. The molecule has 0 fully saturated rings.